The van der Waals surface area contributed by atoms with Crippen LogP contribution >= 0.6 is 11.6 Å². The minimum Gasteiger partial charge on any atom is -0.489 e. The van der Waals surface area contributed by atoms with Crippen LogP contribution in [0.1, 0.15) is 45.7 Å². The van der Waals surface area contributed by atoms with Gasteiger partial charge in [0, 0.05) is 5.56 Å². The van der Waals surface area contributed by atoms with Crippen molar-refractivity contribution in [2.24, 2.45) is 0 Å². The van der Waals surface area contributed by atoms with Crippen LogP contribution in [0, 0.1) is 5.82 Å². The van der Waals surface area contributed by atoms with Crippen molar-refractivity contribution >= 4 is 11.6 Å². The lowest BCUT2D eigenvalue weighted by molar-refractivity contribution is 0.300. The zero-order valence-corrected chi connectivity index (χ0v) is 14.9. The average molecular weight is 325 g/mol. The van der Waals surface area contributed by atoms with Crippen LogP contribution in [0.25, 0.3) is 0 Å². The van der Waals surface area contributed by atoms with Gasteiger partial charge in [0.1, 0.15) is 18.2 Å². The Kier molecular flexibility index (Phi) is 11.2. The van der Waals surface area contributed by atoms with E-state index in [4.69, 9.17) is 16.3 Å². The SMILES string of the molecule is CC.CC.CCc1ccc(OCc2c(F)cccc2Cl)cc1. The lowest BCUT2D eigenvalue weighted by Crippen LogP contribution is -1.99. The number of ether oxygens (including phenoxy) is 1. The maximum absolute atomic E-state index is 13.5. The summed E-state index contributed by atoms with van der Waals surface area (Å²) in [7, 11) is 0. The van der Waals surface area contributed by atoms with E-state index in [-0.39, 0.29) is 12.4 Å². The minimum atomic E-state index is -0.340. The van der Waals surface area contributed by atoms with Gasteiger partial charge in [-0.05, 0) is 36.2 Å². The van der Waals surface area contributed by atoms with Crippen LogP contribution in [-0.2, 0) is 13.0 Å². The molecule has 2 aromatic rings. The van der Waals surface area contributed by atoms with Gasteiger partial charge in [-0.1, -0.05) is 64.4 Å². The normalized spacial score (nSPS) is 9.05. The molecule has 2 rings (SSSR count). The van der Waals surface area contributed by atoms with Gasteiger partial charge in [0.15, 0.2) is 0 Å². The number of halogens is 2. The molecule has 3 heteroatoms. The molecule has 0 N–H and O–H groups in total. The molecule has 0 saturated heterocycles. The second-order valence-electron chi connectivity index (χ2n) is 3.99. The quantitative estimate of drug-likeness (QED) is 0.610. The molecule has 0 spiro atoms. The molecule has 0 radical (unpaired) electrons. The van der Waals surface area contributed by atoms with Gasteiger partial charge in [-0.25, -0.2) is 4.39 Å². The van der Waals surface area contributed by atoms with E-state index in [2.05, 4.69) is 6.92 Å². The highest BCUT2D eigenvalue weighted by molar-refractivity contribution is 6.31. The Morgan fingerprint density at radius 2 is 1.55 bits per heavy atom. The van der Waals surface area contributed by atoms with Crippen LogP contribution in [0.15, 0.2) is 42.5 Å². The summed E-state index contributed by atoms with van der Waals surface area (Å²) in [6, 6.07) is 12.4. The first-order valence-corrected chi connectivity index (χ1v) is 8.23. The van der Waals surface area contributed by atoms with Crippen molar-refractivity contribution in [2.75, 3.05) is 0 Å². The fourth-order valence-electron chi connectivity index (χ4n) is 1.65. The first kappa shape index (κ1) is 20.5. The van der Waals surface area contributed by atoms with Crippen LogP contribution in [0.3, 0.4) is 0 Å². The van der Waals surface area contributed by atoms with E-state index in [1.54, 1.807) is 12.1 Å². The molecule has 22 heavy (non-hydrogen) atoms. The molecule has 0 aliphatic rings. The zero-order valence-electron chi connectivity index (χ0n) is 14.1. The van der Waals surface area contributed by atoms with Crippen molar-refractivity contribution in [3.63, 3.8) is 0 Å². The third-order valence-corrected chi connectivity index (χ3v) is 3.13. The zero-order chi connectivity index (χ0) is 17.0. The molecule has 0 unspecified atom stereocenters. The Labute approximate surface area is 139 Å². The Bertz CT molecular complexity index is 503. The minimum absolute atomic E-state index is 0.136. The summed E-state index contributed by atoms with van der Waals surface area (Å²) in [6.07, 6.45) is 0.986. The van der Waals surface area contributed by atoms with E-state index in [9.17, 15) is 4.39 Å². The second kappa shape index (κ2) is 12.0. The highest BCUT2D eigenvalue weighted by Gasteiger charge is 2.07. The number of aryl methyl sites for hydroxylation is 1. The molecule has 0 aliphatic heterocycles. The van der Waals surface area contributed by atoms with Crippen molar-refractivity contribution in [1.29, 1.82) is 0 Å². The van der Waals surface area contributed by atoms with E-state index in [0.29, 0.717) is 16.3 Å². The van der Waals surface area contributed by atoms with Gasteiger partial charge in [-0.3, -0.25) is 0 Å². The number of rotatable bonds is 4. The summed E-state index contributed by atoms with van der Waals surface area (Å²) in [4.78, 5) is 0. The maximum atomic E-state index is 13.5. The van der Waals surface area contributed by atoms with Gasteiger partial charge < -0.3 is 4.74 Å². The second-order valence-corrected chi connectivity index (χ2v) is 4.39. The molecule has 0 amide bonds. The van der Waals surface area contributed by atoms with Gasteiger partial charge in [0.2, 0.25) is 0 Å². The lowest BCUT2D eigenvalue weighted by Gasteiger charge is -2.09. The number of hydrogen-bond acceptors (Lipinski definition) is 1. The Balaban J connectivity index is 0.00000102. The molecular weight excluding hydrogens is 299 g/mol. The van der Waals surface area contributed by atoms with Crippen LogP contribution in [0.4, 0.5) is 4.39 Å². The molecule has 0 aliphatic carbocycles. The van der Waals surface area contributed by atoms with Crippen molar-refractivity contribution < 1.29 is 9.13 Å². The monoisotopic (exact) mass is 324 g/mol. The lowest BCUT2D eigenvalue weighted by atomic mass is 10.2. The molecule has 0 bridgehead atoms. The largest absolute Gasteiger partial charge is 0.489 e. The van der Waals surface area contributed by atoms with Crippen LogP contribution in [0.2, 0.25) is 5.02 Å². The molecule has 2 aromatic carbocycles. The summed E-state index contributed by atoms with van der Waals surface area (Å²) in [6.45, 7) is 10.2. The van der Waals surface area contributed by atoms with E-state index in [0.717, 1.165) is 6.42 Å². The van der Waals surface area contributed by atoms with Crippen molar-refractivity contribution in [2.45, 2.75) is 47.6 Å². The van der Waals surface area contributed by atoms with Crippen LogP contribution in [-0.4, -0.2) is 0 Å². The highest BCUT2D eigenvalue weighted by Crippen LogP contribution is 2.21. The Morgan fingerprint density at radius 1 is 0.955 bits per heavy atom. The first-order chi connectivity index (χ1) is 10.7. The summed E-state index contributed by atoms with van der Waals surface area (Å²) in [5, 5.41) is 0.389. The molecule has 0 atom stereocenters. The van der Waals surface area contributed by atoms with E-state index in [1.165, 1.54) is 11.6 Å². The van der Waals surface area contributed by atoms with Crippen molar-refractivity contribution in [3.05, 3.63) is 64.4 Å². The summed E-state index contributed by atoms with van der Waals surface area (Å²) >= 11 is 5.92. The van der Waals surface area contributed by atoms with E-state index < -0.39 is 0 Å². The number of hydrogen-bond donors (Lipinski definition) is 0. The predicted molar refractivity (Wildman–Crippen MR) is 94.3 cm³/mol. The van der Waals surface area contributed by atoms with E-state index >= 15 is 0 Å². The average Bonchev–Trinajstić information content (AvgIpc) is 2.58. The Hall–Kier alpha value is -1.54. The smallest absolute Gasteiger partial charge is 0.131 e. The summed E-state index contributed by atoms with van der Waals surface area (Å²) in [5.41, 5.74) is 1.63. The van der Waals surface area contributed by atoms with Crippen LogP contribution < -0.4 is 4.74 Å². The predicted octanol–water partition coefficient (Wildman–Crippen LogP) is 6.67. The topological polar surface area (TPSA) is 9.23 Å². The standard InChI is InChI=1S/C15H14ClFO.2C2H6/c1-2-11-6-8-12(9-7-11)18-10-13-14(16)4-3-5-15(13)17;2*1-2/h3-9H,2,10H2,1H3;2*1-2H3. The van der Waals surface area contributed by atoms with Crippen LogP contribution in [0.5, 0.6) is 5.75 Å². The summed E-state index contributed by atoms with van der Waals surface area (Å²) in [5.74, 6) is 0.374. The molecular formula is C19H26ClFO. The molecule has 122 valence electrons. The Morgan fingerprint density at radius 3 is 2.05 bits per heavy atom. The van der Waals surface area contributed by atoms with E-state index in [1.807, 2.05) is 52.0 Å². The fourth-order valence-corrected chi connectivity index (χ4v) is 1.86. The maximum Gasteiger partial charge on any atom is 0.131 e. The van der Waals surface area contributed by atoms with Crippen molar-refractivity contribution in [3.8, 4) is 5.75 Å². The van der Waals surface area contributed by atoms with Gasteiger partial charge in [-0.2, -0.15) is 0 Å². The van der Waals surface area contributed by atoms with Crippen molar-refractivity contribution in [1.82, 2.24) is 0 Å². The third-order valence-electron chi connectivity index (χ3n) is 2.78. The highest BCUT2D eigenvalue weighted by atomic mass is 35.5. The fraction of sp³-hybridized carbons (Fsp3) is 0.368. The molecule has 1 nitrogen and oxygen atoms in total. The molecule has 0 heterocycles. The van der Waals surface area contributed by atoms with Gasteiger partial charge in [-0.15, -0.1) is 0 Å². The van der Waals surface area contributed by atoms with Gasteiger partial charge >= 0.3 is 0 Å². The third kappa shape index (κ3) is 6.48. The molecule has 0 aromatic heterocycles. The molecule has 0 saturated carbocycles. The first-order valence-electron chi connectivity index (χ1n) is 7.85. The summed E-state index contributed by atoms with van der Waals surface area (Å²) < 4.78 is 19.0. The number of benzene rings is 2. The van der Waals surface area contributed by atoms with Gasteiger partial charge in [0.25, 0.3) is 0 Å². The van der Waals surface area contributed by atoms with Gasteiger partial charge in [0.05, 0.1) is 5.02 Å². The molecule has 0 fully saturated rings.